The van der Waals surface area contributed by atoms with Gasteiger partial charge in [-0.05, 0) is 46.1 Å². The smallest absolute Gasteiger partial charge is 0.228 e. The molecule has 1 amide bonds. The topological polar surface area (TPSA) is 41.1 Å². The molecular weight excluding hydrogens is 256 g/mol. The van der Waals surface area contributed by atoms with Gasteiger partial charge in [-0.3, -0.25) is 4.79 Å². The van der Waals surface area contributed by atoms with Gasteiger partial charge in [0.2, 0.25) is 5.91 Å². The van der Waals surface area contributed by atoms with Crippen LogP contribution in [0, 0.1) is 0 Å². The molecule has 0 aliphatic carbocycles. The maximum atomic E-state index is 11.4. The molecule has 4 heteroatoms. The van der Waals surface area contributed by atoms with Crippen molar-refractivity contribution in [3.05, 3.63) is 51.7 Å². The summed E-state index contributed by atoms with van der Waals surface area (Å²) in [6, 6.07) is 8.59. The summed E-state index contributed by atoms with van der Waals surface area (Å²) >= 11 is 1.71. The van der Waals surface area contributed by atoms with Crippen molar-refractivity contribution in [3.8, 4) is 0 Å². The van der Waals surface area contributed by atoms with E-state index >= 15 is 0 Å². The van der Waals surface area contributed by atoms with Gasteiger partial charge in [-0.25, -0.2) is 0 Å². The van der Waals surface area contributed by atoms with Crippen LogP contribution < -0.4 is 10.6 Å². The summed E-state index contributed by atoms with van der Waals surface area (Å²) in [6.07, 6.45) is 0.492. The van der Waals surface area contributed by atoms with E-state index in [0.29, 0.717) is 6.42 Å². The first-order valence-electron chi connectivity index (χ1n) is 6.46. The van der Waals surface area contributed by atoms with Crippen LogP contribution in [-0.2, 0) is 11.2 Å². The van der Waals surface area contributed by atoms with Gasteiger partial charge in [0, 0.05) is 5.69 Å². The molecule has 2 N–H and O–H groups in total. The van der Waals surface area contributed by atoms with Gasteiger partial charge in [-0.1, -0.05) is 19.1 Å². The Balaban J connectivity index is 1.96. The molecule has 3 nitrogen and oxygen atoms in total. The number of hydrogen-bond acceptors (Lipinski definition) is 3. The third-order valence-electron chi connectivity index (χ3n) is 3.37. The van der Waals surface area contributed by atoms with E-state index in [-0.39, 0.29) is 11.9 Å². The molecule has 19 heavy (non-hydrogen) atoms. The molecule has 0 spiro atoms. The van der Waals surface area contributed by atoms with Gasteiger partial charge >= 0.3 is 0 Å². The van der Waals surface area contributed by atoms with Gasteiger partial charge in [0.05, 0.1) is 12.5 Å². The van der Waals surface area contributed by atoms with Gasteiger partial charge in [0.1, 0.15) is 0 Å². The fourth-order valence-corrected chi connectivity index (χ4v) is 3.19. The second-order valence-electron chi connectivity index (χ2n) is 4.69. The van der Waals surface area contributed by atoms with E-state index in [1.165, 1.54) is 11.1 Å². The number of nitrogens with one attached hydrogen (secondary N) is 2. The standard InChI is InChI=1S/C15H16N2OS/c1-2-16-15(11-5-6-19-9-11)10-3-4-13-12(7-10)8-14(18)17-13/h3-7,9,15-16H,2,8H2,1H3,(H,17,18). The summed E-state index contributed by atoms with van der Waals surface area (Å²) in [5.74, 6) is 0.0858. The van der Waals surface area contributed by atoms with Crippen LogP contribution in [0.5, 0.6) is 0 Å². The van der Waals surface area contributed by atoms with Crippen molar-refractivity contribution < 1.29 is 4.79 Å². The predicted molar refractivity (Wildman–Crippen MR) is 78.6 cm³/mol. The molecular formula is C15H16N2OS. The number of carbonyl (C=O) groups is 1. The number of amides is 1. The van der Waals surface area contributed by atoms with Crippen LogP contribution >= 0.6 is 11.3 Å². The van der Waals surface area contributed by atoms with E-state index in [2.05, 4.69) is 46.5 Å². The minimum Gasteiger partial charge on any atom is -0.326 e. The van der Waals surface area contributed by atoms with E-state index in [4.69, 9.17) is 0 Å². The number of carbonyl (C=O) groups excluding carboxylic acids is 1. The number of hydrogen-bond donors (Lipinski definition) is 2. The third kappa shape index (κ3) is 2.41. The molecule has 1 aliphatic heterocycles. The predicted octanol–water partition coefficient (Wildman–Crippen LogP) is 2.94. The van der Waals surface area contributed by atoms with Crippen LogP contribution in [-0.4, -0.2) is 12.5 Å². The average molecular weight is 272 g/mol. The highest BCUT2D eigenvalue weighted by Crippen LogP contribution is 2.30. The van der Waals surface area contributed by atoms with Gasteiger partial charge in [0.25, 0.3) is 0 Å². The quantitative estimate of drug-likeness (QED) is 0.898. The monoisotopic (exact) mass is 272 g/mol. The molecule has 1 unspecified atom stereocenters. The first kappa shape index (κ1) is 12.4. The van der Waals surface area contributed by atoms with Gasteiger partial charge in [-0.2, -0.15) is 11.3 Å². The second-order valence-corrected chi connectivity index (χ2v) is 5.47. The zero-order chi connectivity index (χ0) is 13.2. The van der Waals surface area contributed by atoms with Crippen molar-refractivity contribution in [1.29, 1.82) is 0 Å². The second kappa shape index (κ2) is 5.15. The molecule has 0 saturated heterocycles. The summed E-state index contributed by atoms with van der Waals surface area (Å²) in [4.78, 5) is 11.4. The van der Waals surface area contributed by atoms with Crippen molar-refractivity contribution in [3.63, 3.8) is 0 Å². The Hall–Kier alpha value is -1.65. The minimum atomic E-state index is 0.0858. The highest BCUT2D eigenvalue weighted by molar-refractivity contribution is 7.08. The molecule has 98 valence electrons. The Kier molecular flexibility index (Phi) is 3.36. The molecule has 1 aromatic heterocycles. The Labute approximate surface area is 116 Å². The van der Waals surface area contributed by atoms with Crippen LogP contribution in [0.4, 0.5) is 5.69 Å². The van der Waals surface area contributed by atoms with Crippen LogP contribution in [0.15, 0.2) is 35.0 Å². The number of fused-ring (bicyclic) bond motifs is 1. The number of benzene rings is 1. The lowest BCUT2D eigenvalue weighted by Gasteiger charge is -2.18. The lowest BCUT2D eigenvalue weighted by Crippen LogP contribution is -2.21. The van der Waals surface area contributed by atoms with Gasteiger partial charge in [0.15, 0.2) is 0 Å². The summed E-state index contributed by atoms with van der Waals surface area (Å²) in [7, 11) is 0. The highest BCUT2D eigenvalue weighted by Gasteiger charge is 2.20. The van der Waals surface area contributed by atoms with Gasteiger partial charge in [-0.15, -0.1) is 0 Å². The average Bonchev–Trinajstić information content (AvgIpc) is 3.02. The summed E-state index contributed by atoms with van der Waals surface area (Å²) in [5, 5.41) is 10.6. The van der Waals surface area contributed by atoms with Crippen molar-refractivity contribution in [2.24, 2.45) is 0 Å². The summed E-state index contributed by atoms with van der Waals surface area (Å²) in [5.41, 5.74) is 4.55. The van der Waals surface area contributed by atoms with Crippen LogP contribution in [0.1, 0.15) is 29.7 Å². The molecule has 0 bridgehead atoms. The van der Waals surface area contributed by atoms with Crippen LogP contribution in [0.25, 0.3) is 0 Å². The normalized spacial score (nSPS) is 15.1. The first-order chi connectivity index (χ1) is 9.28. The molecule has 3 rings (SSSR count). The SMILES string of the molecule is CCNC(c1ccsc1)c1ccc2c(c1)CC(=O)N2. The molecule has 0 fully saturated rings. The minimum absolute atomic E-state index is 0.0858. The number of anilines is 1. The molecule has 1 atom stereocenters. The van der Waals surface area contributed by atoms with Gasteiger partial charge < -0.3 is 10.6 Å². The zero-order valence-corrected chi connectivity index (χ0v) is 11.6. The maximum absolute atomic E-state index is 11.4. The lowest BCUT2D eigenvalue weighted by molar-refractivity contribution is -0.115. The van der Waals surface area contributed by atoms with E-state index in [0.717, 1.165) is 17.8 Å². The Bertz CT molecular complexity index is 592. The van der Waals surface area contributed by atoms with Crippen molar-refractivity contribution >= 4 is 22.9 Å². The molecule has 2 heterocycles. The largest absolute Gasteiger partial charge is 0.326 e. The number of thiophene rings is 1. The van der Waals surface area contributed by atoms with E-state index in [1.54, 1.807) is 11.3 Å². The van der Waals surface area contributed by atoms with Crippen LogP contribution in [0.3, 0.4) is 0 Å². The zero-order valence-electron chi connectivity index (χ0n) is 10.8. The number of rotatable bonds is 4. The molecule has 1 aliphatic rings. The molecule has 0 radical (unpaired) electrons. The summed E-state index contributed by atoms with van der Waals surface area (Å²) < 4.78 is 0. The van der Waals surface area contributed by atoms with E-state index < -0.39 is 0 Å². The Morgan fingerprint density at radius 1 is 1.37 bits per heavy atom. The Morgan fingerprint density at radius 3 is 3.00 bits per heavy atom. The van der Waals surface area contributed by atoms with E-state index in [9.17, 15) is 4.79 Å². The fourth-order valence-electron chi connectivity index (χ4n) is 2.50. The molecule has 2 aromatic rings. The van der Waals surface area contributed by atoms with Crippen LogP contribution in [0.2, 0.25) is 0 Å². The highest BCUT2D eigenvalue weighted by atomic mass is 32.1. The Morgan fingerprint density at radius 2 is 2.26 bits per heavy atom. The van der Waals surface area contributed by atoms with Crippen molar-refractivity contribution in [2.45, 2.75) is 19.4 Å². The van der Waals surface area contributed by atoms with Crippen molar-refractivity contribution in [2.75, 3.05) is 11.9 Å². The van der Waals surface area contributed by atoms with Crippen molar-refractivity contribution in [1.82, 2.24) is 5.32 Å². The maximum Gasteiger partial charge on any atom is 0.228 e. The summed E-state index contributed by atoms with van der Waals surface area (Å²) in [6.45, 7) is 3.02. The lowest BCUT2D eigenvalue weighted by atomic mass is 9.98. The molecule has 0 saturated carbocycles. The fraction of sp³-hybridized carbons (Fsp3) is 0.267. The first-order valence-corrected chi connectivity index (χ1v) is 7.40. The third-order valence-corrected chi connectivity index (χ3v) is 4.07. The molecule has 1 aromatic carbocycles. The van der Waals surface area contributed by atoms with E-state index in [1.807, 2.05) is 6.07 Å².